The summed E-state index contributed by atoms with van der Waals surface area (Å²) in [6, 6.07) is 55.4. The van der Waals surface area contributed by atoms with Crippen molar-refractivity contribution >= 4 is 54.5 Å². The quantitative estimate of drug-likeness (QED) is 0.196. The third-order valence-corrected chi connectivity index (χ3v) is 9.91. The predicted molar refractivity (Wildman–Crippen MR) is 199 cm³/mol. The van der Waals surface area contributed by atoms with Crippen molar-refractivity contribution < 1.29 is 4.74 Å². The summed E-state index contributed by atoms with van der Waals surface area (Å²) in [4.78, 5) is 10.2. The maximum absolute atomic E-state index is 6.22. The van der Waals surface area contributed by atoms with Crippen molar-refractivity contribution in [1.82, 2.24) is 19.1 Å². The smallest absolute Gasteiger partial charge is 0.160 e. The van der Waals surface area contributed by atoms with Gasteiger partial charge in [0.05, 0.1) is 38.7 Å². The summed E-state index contributed by atoms with van der Waals surface area (Å²) >= 11 is 0. The summed E-state index contributed by atoms with van der Waals surface area (Å²) in [5.41, 5.74) is 10.7. The minimum atomic E-state index is 0.691. The number of aromatic nitrogens is 4. The number of nitrogens with zero attached hydrogens (tertiary/aromatic N) is 4. The van der Waals surface area contributed by atoms with Crippen LogP contribution in [-0.4, -0.2) is 19.1 Å². The Labute approximate surface area is 280 Å². The molecule has 0 aliphatic carbocycles. The van der Waals surface area contributed by atoms with Gasteiger partial charge in [0.2, 0.25) is 0 Å². The van der Waals surface area contributed by atoms with Crippen LogP contribution in [-0.2, 0) is 0 Å². The molecule has 0 spiro atoms. The van der Waals surface area contributed by atoms with E-state index in [2.05, 4.69) is 130 Å². The van der Waals surface area contributed by atoms with Crippen molar-refractivity contribution in [3.63, 3.8) is 0 Å². The van der Waals surface area contributed by atoms with Gasteiger partial charge in [0.15, 0.2) is 5.82 Å². The Bertz CT molecular complexity index is 2960. The monoisotopic (exact) mass is 626 g/mol. The molecule has 4 heterocycles. The number of ether oxygens (including phenoxy) is 1. The highest BCUT2D eigenvalue weighted by Gasteiger charge is 2.24. The summed E-state index contributed by atoms with van der Waals surface area (Å²) in [5, 5.41) is 5.87. The highest BCUT2D eigenvalue weighted by molar-refractivity contribution is 6.23. The van der Waals surface area contributed by atoms with E-state index in [0.717, 1.165) is 56.1 Å². The molecule has 11 rings (SSSR count). The molecule has 0 saturated carbocycles. The lowest BCUT2D eigenvalue weighted by molar-refractivity contribution is 0.486. The molecule has 3 aromatic heterocycles. The van der Waals surface area contributed by atoms with Gasteiger partial charge in [-0.05, 0) is 72.8 Å². The van der Waals surface area contributed by atoms with E-state index in [1.54, 1.807) is 0 Å². The van der Waals surface area contributed by atoms with Crippen LogP contribution in [0.3, 0.4) is 0 Å². The standard InChI is InChI=1S/C44H26N4O/c1-2-11-28(12-3-1)47-36-17-7-4-13-30(36)32-25-26-33-31-14-5-8-18-37(31)48(43(33)42(32)47)29-23-21-27(22-24-29)44-45-35-16-10-20-39-40(35)41(46-44)34-15-6-9-19-38(34)49-39/h1-26H. The van der Waals surface area contributed by atoms with Crippen LogP contribution in [0.25, 0.3) is 88.5 Å². The number of para-hydroxylation sites is 4. The Balaban J connectivity index is 1.16. The number of rotatable bonds is 3. The lowest BCUT2D eigenvalue weighted by Gasteiger charge is -2.20. The molecule has 228 valence electrons. The molecule has 0 unspecified atom stereocenters. The van der Waals surface area contributed by atoms with Gasteiger partial charge in [0, 0.05) is 44.0 Å². The molecular weight excluding hydrogens is 601 g/mol. The first-order valence-corrected chi connectivity index (χ1v) is 16.5. The van der Waals surface area contributed by atoms with Gasteiger partial charge in [-0.25, -0.2) is 9.97 Å². The second-order valence-corrected chi connectivity index (χ2v) is 12.6. The van der Waals surface area contributed by atoms with E-state index in [1.165, 1.54) is 38.1 Å². The van der Waals surface area contributed by atoms with E-state index in [9.17, 15) is 0 Å². The normalized spacial score (nSPS) is 12.2. The molecule has 7 aromatic carbocycles. The third-order valence-electron chi connectivity index (χ3n) is 9.91. The minimum absolute atomic E-state index is 0.691. The van der Waals surface area contributed by atoms with Crippen LogP contribution in [0.1, 0.15) is 0 Å². The van der Waals surface area contributed by atoms with Crippen molar-refractivity contribution in [3.05, 3.63) is 158 Å². The van der Waals surface area contributed by atoms with Gasteiger partial charge in [0.1, 0.15) is 11.5 Å². The number of hydrogen-bond acceptors (Lipinski definition) is 3. The number of hydrogen-bond donors (Lipinski definition) is 0. The van der Waals surface area contributed by atoms with E-state index in [4.69, 9.17) is 14.7 Å². The third kappa shape index (κ3) is 3.70. The van der Waals surface area contributed by atoms with Crippen molar-refractivity contribution in [2.75, 3.05) is 0 Å². The molecule has 0 atom stereocenters. The first-order chi connectivity index (χ1) is 24.3. The van der Waals surface area contributed by atoms with Crippen LogP contribution in [0.15, 0.2) is 158 Å². The summed E-state index contributed by atoms with van der Waals surface area (Å²) in [6.07, 6.45) is 0. The van der Waals surface area contributed by atoms with Crippen molar-refractivity contribution in [1.29, 1.82) is 0 Å². The second kappa shape index (κ2) is 9.89. The number of benzene rings is 7. The molecule has 0 fully saturated rings. The topological polar surface area (TPSA) is 44.9 Å². The largest absolute Gasteiger partial charge is 0.456 e. The van der Waals surface area contributed by atoms with Gasteiger partial charge < -0.3 is 13.9 Å². The Morgan fingerprint density at radius 1 is 0.429 bits per heavy atom. The van der Waals surface area contributed by atoms with Crippen molar-refractivity contribution in [3.8, 4) is 45.5 Å². The molecule has 0 radical (unpaired) electrons. The zero-order chi connectivity index (χ0) is 32.1. The van der Waals surface area contributed by atoms with Crippen LogP contribution in [0.4, 0.5) is 0 Å². The molecule has 0 saturated heterocycles. The summed E-state index contributed by atoms with van der Waals surface area (Å²) in [5.74, 6) is 2.29. The summed E-state index contributed by atoms with van der Waals surface area (Å²) < 4.78 is 11.1. The first kappa shape index (κ1) is 26.4. The fourth-order valence-corrected chi connectivity index (χ4v) is 7.80. The maximum Gasteiger partial charge on any atom is 0.160 e. The fourth-order valence-electron chi connectivity index (χ4n) is 7.80. The number of fused-ring (bicyclic) bond motifs is 9. The van der Waals surface area contributed by atoms with Gasteiger partial charge >= 0.3 is 0 Å². The fraction of sp³-hybridized carbons (Fsp3) is 0. The van der Waals surface area contributed by atoms with Gasteiger partial charge in [-0.1, -0.05) is 84.9 Å². The van der Waals surface area contributed by atoms with Crippen LogP contribution in [0.2, 0.25) is 0 Å². The Kier molecular flexibility index (Phi) is 5.32. The molecule has 5 heteroatoms. The zero-order valence-electron chi connectivity index (χ0n) is 26.2. The molecule has 0 amide bonds. The minimum Gasteiger partial charge on any atom is -0.456 e. The molecule has 0 bridgehead atoms. The average molecular weight is 627 g/mol. The van der Waals surface area contributed by atoms with E-state index in [-0.39, 0.29) is 0 Å². The van der Waals surface area contributed by atoms with E-state index in [1.807, 2.05) is 36.4 Å². The Morgan fingerprint density at radius 3 is 1.73 bits per heavy atom. The average Bonchev–Trinajstić information content (AvgIpc) is 3.68. The van der Waals surface area contributed by atoms with Crippen molar-refractivity contribution in [2.45, 2.75) is 0 Å². The molecular formula is C44H26N4O. The second-order valence-electron chi connectivity index (χ2n) is 12.6. The van der Waals surface area contributed by atoms with Crippen molar-refractivity contribution in [2.24, 2.45) is 0 Å². The maximum atomic E-state index is 6.22. The van der Waals surface area contributed by atoms with Gasteiger partial charge in [-0.15, -0.1) is 0 Å². The Morgan fingerprint density at radius 2 is 1.02 bits per heavy atom. The lowest BCUT2D eigenvalue weighted by Crippen LogP contribution is -2.02. The SMILES string of the molecule is c1ccc(-n2c3ccccc3c3ccc4c5ccccc5n(-c5ccc(-c6nc7c8c(cccc8n6)Oc6ccccc6-7)cc5)c4c32)cc1. The molecule has 1 aliphatic heterocycles. The lowest BCUT2D eigenvalue weighted by atomic mass is 10.0. The molecule has 10 aromatic rings. The summed E-state index contributed by atoms with van der Waals surface area (Å²) in [6.45, 7) is 0. The van der Waals surface area contributed by atoms with Crippen LogP contribution in [0.5, 0.6) is 11.5 Å². The zero-order valence-corrected chi connectivity index (χ0v) is 26.2. The predicted octanol–water partition coefficient (Wildman–Crippen LogP) is 11.3. The molecule has 49 heavy (non-hydrogen) atoms. The van der Waals surface area contributed by atoms with Crippen LogP contribution in [0, 0.1) is 0 Å². The molecule has 1 aliphatic rings. The van der Waals surface area contributed by atoms with Gasteiger partial charge in [-0.2, -0.15) is 0 Å². The highest BCUT2D eigenvalue weighted by Crippen LogP contribution is 2.46. The van der Waals surface area contributed by atoms with Gasteiger partial charge in [-0.3, -0.25) is 0 Å². The van der Waals surface area contributed by atoms with Crippen LogP contribution < -0.4 is 4.74 Å². The van der Waals surface area contributed by atoms with E-state index < -0.39 is 0 Å². The van der Waals surface area contributed by atoms with Gasteiger partial charge in [0.25, 0.3) is 0 Å². The Hall–Kier alpha value is -6.72. The molecule has 5 nitrogen and oxygen atoms in total. The molecule has 0 N–H and O–H groups in total. The van der Waals surface area contributed by atoms with E-state index >= 15 is 0 Å². The first-order valence-electron chi connectivity index (χ1n) is 16.5. The summed E-state index contributed by atoms with van der Waals surface area (Å²) in [7, 11) is 0. The highest BCUT2D eigenvalue weighted by atomic mass is 16.5. The van der Waals surface area contributed by atoms with E-state index in [0.29, 0.717) is 5.82 Å². The van der Waals surface area contributed by atoms with Crippen LogP contribution >= 0.6 is 0 Å².